The van der Waals surface area contributed by atoms with Gasteiger partial charge in [-0.15, -0.1) is 0 Å². The molecule has 0 atom stereocenters. The zero-order valence-electron chi connectivity index (χ0n) is 7.07. The summed E-state index contributed by atoms with van der Waals surface area (Å²) < 4.78 is 0. The Bertz CT molecular complexity index is 283. The van der Waals surface area contributed by atoms with E-state index in [1.54, 1.807) is 5.41 Å². The van der Waals surface area contributed by atoms with Crippen LogP contribution in [0.4, 0.5) is 0 Å². The van der Waals surface area contributed by atoms with E-state index in [-0.39, 0.29) is 0 Å². The molecule has 0 nitrogen and oxygen atoms in total. The monoisotopic (exact) mass is 176 g/mol. The van der Waals surface area contributed by atoms with E-state index in [9.17, 15) is 0 Å². The number of allylic oxidation sites excluding steroid dienone is 3. The molecular formula is C11H12S. The zero-order valence-corrected chi connectivity index (χ0v) is 7.96. The summed E-state index contributed by atoms with van der Waals surface area (Å²) in [6.07, 6.45) is 3.97. The Balaban J connectivity index is 2.85. The van der Waals surface area contributed by atoms with E-state index < -0.39 is 0 Å². The fourth-order valence-electron chi connectivity index (χ4n) is 0.985. The van der Waals surface area contributed by atoms with Gasteiger partial charge in [0, 0.05) is 0 Å². The number of hydrogen-bond acceptors (Lipinski definition) is 1. The fourth-order valence-corrected chi connectivity index (χ4v) is 1.07. The highest BCUT2D eigenvalue weighted by Crippen LogP contribution is 2.12. The van der Waals surface area contributed by atoms with E-state index in [1.807, 2.05) is 30.4 Å². The molecule has 0 fully saturated rings. The lowest BCUT2D eigenvalue weighted by atomic mass is 10.1. The number of benzene rings is 1. The first-order chi connectivity index (χ1) is 5.84. The summed E-state index contributed by atoms with van der Waals surface area (Å²) in [6, 6.07) is 10.3. The van der Waals surface area contributed by atoms with Crippen LogP contribution in [0.15, 0.2) is 47.9 Å². The van der Waals surface area contributed by atoms with Crippen LogP contribution in [0.2, 0.25) is 0 Å². The van der Waals surface area contributed by atoms with Crippen LogP contribution in [-0.4, -0.2) is 0 Å². The molecule has 0 amide bonds. The van der Waals surface area contributed by atoms with Crippen LogP contribution in [0.25, 0.3) is 5.57 Å². The largest absolute Gasteiger partial charge is 0.151 e. The molecule has 1 rings (SSSR count). The first-order valence-electron chi connectivity index (χ1n) is 3.87. The van der Waals surface area contributed by atoms with Crippen LogP contribution in [0.1, 0.15) is 12.5 Å². The molecule has 0 aromatic heterocycles. The van der Waals surface area contributed by atoms with Crippen molar-refractivity contribution in [1.29, 1.82) is 0 Å². The molecule has 1 aromatic rings. The van der Waals surface area contributed by atoms with Crippen molar-refractivity contribution in [1.82, 2.24) is 0 Å². The first kappa shape index (κ1) is 9.14. The molecule has 0 aliphatic heterocycles. The lowest BCUT2D eigenvalue weighted by Crippen LogP contribution is -1.75. The molecule has 62 valence electrons. The van der Waals surface area contributed by atoms with Gasteiger partial charge in [-0.05, 0) is 23.5 Å². The molecule has 0 aliphatic rings. The Morgan fingerprint density at radius 2 is 1.92 bits per heavy atom. The second-order valence-corrected chi connectivity index (χ2v) is 2.86. The number of thiol groups is 1. The van der Waals surface area contributed by atoms with E-state index in [1.165, 1.54) is 11.1 Å². The predicted octanol–water partition coefficient (Wildman–Crippen LogP) is 3.53. The van der Waals surface area contributed by atoms with Crippen molar-refractivity contribution in [3.63, 3.8) is 0 Å². The Morgan fingerprint density at radius 1 is 1.25 bits per heavy atom. The van der Waals surface area contributed by atoms with Crippen LogP contribution in [0.5, 0.6) is 0 Å². The van der Waals surface area contributed by atoms with Crippen molar-refractivity contribution in [2.24, 2.45) is 0 Å². The molecule has 0 spiro atoms. The van der Waals surface area contributed by atoms with Gasteiger partial charge in [-0.3, -0.25) is 0 Å². The van der Waals surface area contributed by atoms with E-state index in [0.717, 1.165) is 0 Å². The number of hydrogen-bond donors (Lipinski definition) is 1. The molecule has 0 saturated heterocycles. The molecule has 0 unspecified atom stereocenters. The highest BCUT2D eigenvalue weighted by atomic mass is 32.1. The van der Waals surface area contributed by atoms with Gasteiger partial charge in [-0.1, -0.05) is 42.5 Å². The van der Waals surface area contributed by atoms with Crippen molar-refractivity contribution in [3.05, 3.63) is 53.5 Å². The molecule has 0 N–H and O–H groups in total. The van der Waals surface area contributed by atoms with Crippen LogP contribution in [0.3, 0.4) is 0 Å². The third-order valence-electron chi connectivity index (χ3n) is 1.66. The van der Waals surface area contributed by atoms with Gasteiger partial charge in [-0.25, -0.2) is 0 Å². The second-order valence-electron chi connectivity index (χ2n) is 2.56. The number of rotatable bonds is 2. The van der Waals surface area contributed by atoms with Crippen molar-refractivity contribution < 1.29 is 0 Å². The molecule has 0 radical (unpaired) electrons. The van der Waals surface area contributed by atoms with Gasteiger partial charge in [0.25, 0.3) is 0 Å². The predicted molar refractivity (Wildman–Crippen MR) is 58.2 cm³/mol. The van der Waals surface area contributed by atoms with Gasteiger partial charge in [-0.2, -0.15) is 12.6 Å². The van der Waals surface area contributed by atoms with Gasteiger partial charge in [0.15, 0.2) is 0 Å². The fraction of sp³-hybridized carbons (Fsp3) is 0.0909. The van der Waals surface area contributed by atoms with Crippen molar-refractivity contribution in [3.8, 4) is 0 Å². The average molecular weight is 176 g/mol. The second kappa shape index (κ2) is 4.83. The Kier molecular flexibility index (Phi) is 3.68. The van der Waals surface area contributed by atoms with Crippen molar-refractivity contribution in [2.75, 3.05) is 0 Å². The SMILES string of the molecule is C/C(=C\C=C/S)c1ccccc1. The minimum absolute atomic E-state index is 1.25. The zero-order chi connectivity index (χ0) is 8.81. The van der Waals surface area contributed by atoms with E-state index in [0.29, 0.717) is 0 Å². The van der Waals surface area contributed by atoms with Gasteiger partial charge in [0.1, 0.15) is 0 Å². The van der Waals surface area contributed by atoms with E-state index in [4.69, 9.17) is 0 Å². The molecule has 1 aromatic carbocycles. The summed E-state index contributed by atoms with van der Waals surface area (Å²) in [7, 11) is 0. The minimum Gasteiger partial charge on any atom is -0.151 e. The maximum Gasteiger partial charge on any atom is -0.0227 e. The summed E-state index contributed by atoms with van der Waals surface area (Å²) in [5, 5.41) is 1.73. The third kappa shape index (κ3) is 2.59. The molecular weight excluding hydrogens is 164 g/mol. The Hall–Kier alpha value is -0.950. The summed E-state index contributed by atoms with van der Waals surface area (Å²) in [6.45, 7) is 2.09. The Morgan fingerprint density at radius 3 is 2.50 bits per heavy atom. The smallest absolute Gasteiger partial charge is 0.0227 e. The maximum atomic E-state index is 3.98. The quantitative estimate of drug-likeness (QED) is 0.517. The van der Waals surface area contributed by atoms with Crippen molar-refractivity contribution in [2.45, 2.75) is 6.92 Å². The normalized spacial score (nSPS) is 12.3. The highest BCUT2D eigenvalue weighted by Gasteiger charge is 1.89. The van der Waals surface area contributed by atoms with Crippen LogP contribution in [0, 0.1) is 0 Å². The van der Waals surface area contributed by atoms with E-state index >= 15 is 0 Å². The van der Waals surface area contributed by atoms with Gasteiger partial charge < -0.3 is 0 Å². The summed E-state index contributed by atoms with van der Waals surface area (Å²) >= 11 is 3.98. The van der Waals surface area contributed by atoms with Crippen LogP contribution in [-0.2, 0) is 0 Å². The van der Waals surface area contributed by atoms with Gasteiger partial charge >= 0.3 is 0 Å². The molecule has 0 heterocycles. The molecule has 0 saturated carbocycles. The van der Waals surface area contributed by atoms with Crippen molar-refractivity contribution >= 4 is 18.2 Å². The third-order valence-corrected chi connectivity index (χ3v) is 1.83. The topological polar surface area (TPSA) is 0 Å². The molecule has 1 heteroatoms. The van der Waals surface area contributed by atoms with Crippen LogP contribution >= 0.6 is 12.6 Å². The molecule has 12 heavy (non-hydrogen) atoms. The average Bonchev–Trinajstić information content (AvgIpc) is 2.15. The van der Waals surface area contributed by atoms with E-state index in [2.05, 4.69) is 31.7 Å². The van der Waals surface area contributed by atoms with Gasteiger partial charge in [0.2, 0.25) is 0 Å². The highest BCUT2D eigenvalue weighted by molar-refractivity contribution is 7.83. The molecule has 0 aliphatic carbocycles. The van der Waals surface area contributed by atoms with Crippen LogP contribution < -0.4 is 0 Å². The van der Waals surface area contributed by atoms with Gasteiger partial charge in [0.05, 0.1) is 0 Å². The standard InChI is InChI=1S/C11H12S/c1-10(6-5-9-12)11-7-3-2-4-8-11/h2-9,12H,1H3/b9-5-,10-6+. The summed E-state index contributed by atoms with van der Waals surface area (Å²) in [5.74, 6) is 0. The maximum absolute atomic E-state index is 3.98. The first-order valence-corrected chi connectivity index (χ1v) is 4.39. The summed E-state index contributed by atoms with van der Waals surface area (Å²) in [5.41, 5.74) is 2.50. The molecule has 0 bridgehead atoms. The Labute approximate surface area is 79.0 Å². The summed E-state index contributed by atoms with van der Waals surface area (Å²) in [4.78, 5) is 0. The minimum atomic E-state index is 1.25. The lowest BCUT2D eigenvalue weighted by molar-refractivity contribution is 1.57. The lowest BCUT2D eigenvalue weighted by Gasteiger charge is -1.97.